The van der Waals surface area contributed by atoms with Gasteiger partial charge in [-0.05, 0) is 48.4 Å². The topological polar surface area (TPSA) is 110 Å². The van der Waals surface area contributed by atoms with E-state index in [1.165, 1.54) is 5.01 Å². The van der Waals surface area contributed by atoms with Gasteiger partial charge in [-0.25, -0.2) is 5.01 Å². The normalized spacial score (nSPS) is 24.0. The minimum atomic E-state index is -0.541. The second kappa shape index (κ2) is 6.76. The number of benzene rings is 1. The van der Waals surface area contributed by atoms with Crippen molar-refractivity contribution in [3.05, 3.63) is 40.3 Å². The molecule has 0 saturated carbocycles. The molecule has 2 saturated heterocycles. The fourth-order valence-electron chi connectivity index (χ4n) is 2.81. The van der Waals surface area contributed by atoms with Gasteiger partial charge in [-0.1, -0.05) is 12.1 Å². The van der Waals surface area contributed by atoms with Gasteiger partial charge in [0.25, 0.3) is 5.91 Å². The molecule has 0 radical (unpaired) electrons. The molecule has 126 valence electrons. The predicted octanol–water partition coefficient (Wildman–Crippen LogP) is 1.16. The lowest BCUT2D eigenvalue weighted by Gasteiger charge is -2.35. The zero-order chi connectivity index (χ0) is 17.3. The van der Waals surface area contributed by atoms with E-state index in [0.29, 0.717) is 29.1 Å². The van der Waals surface area contributed by atoms with Gasteiger partial charge in [0.15, 0.2) is 0 Å². The second-order valence-electron chi connectivity index (χ2n) is 5.80. The van der Waals surface area contributed by atoms with Crippen LogP contribution in [0.3, 0.4) is 0 Å². The van der Waals surface area contributed by atoms with Crippen molar-refractivity contribution in [3.8, 4) is 0 Å². The number of nitrogens with two attached hydrogens (primary N) is 2. The smallest absolute Gasteiger partial charge is 0.308 e. The molecule has 2 aliphatic heterocycles. The van der Waals surface area contributed by atoms with Crippen molar-refractivity contribution in [3.63, 3.8) is 0 Å². The van der Waals surface area contributed by atoms with Crippen molar-refractivity contribution in [1.82, 2.24) is 10.0 Å². The minimum absolute atomic E-state index is 0.0374. The number of piperidine rings is 1. The SMILES string of the molecule is NC(=O)c1cccc(/C=C2\SC(=O)N(N3CCC[C@H](N)C3)C2=O)c1. The molecule has 4 N–H and O–H groups in total. The van der Waals surface area contributed by atoms with E-state index in [2.05, 4.69) is 0 Å². The molecule has 7 nitrogen and oxygen atoms in total. The van der Waals surface area contributed by atoms with Crippen LogP contribution >= 0.6 is 11.8 Å². The van der Waals surface area contributed by atoms with Crippen molar-refractivity contribution in [1.29, 1.82) is 0 Å². The Morgan fingerprint density at radius 3 is 2.83 bits per heavy atom. The van der Waals surface area contributed by atoms with Crippen LogP contribution in [-0.4, -0.2) is 46.2 Å². The predicted molar refractivity (Wildman–Crippen MR) is 91.6 cm³/mol. The van der Waals surface area contributed by atoms with E-state index in [9.17, 15) is 14.4 Å². The Hall–Kier alpha value is -2.16. The average molecular weight is 346 g/mol. The lowest BCUT2D eigenvalue weighted by molar-refractivity contribution is -0.136. The fourth-order valence-corrected chi connectivity index (χ4v) is 3.65. The highest BCUT2D eigenvalue weighted by Crippen LogP contribution is 2.34. The zero-order valence-electron chi connectivity index (χ0n) is 13.0. The number of carbonyl (C=O) groups is 3. The highest BCUT2D eigenvalue weighted by Gasteiger charge is 2.40. The third-order valence-corrected chi connectivity index (χ3v) is 4.82. The maximum Gasteiger partial charge on any atom is 0.308 e. The summed E-state index contributed by atoms with van der Waals surface area (Å²) in [7, 11) is 0. The summed E-state index contributed by atoms with van der Waals surface area (Å²) in [6.07, 6.45) is 3.34. The molecule has 2 aliphatic rings. The first kappa shape index (κ1) is 16.7. The van der Waals surface area contributed by atoms with Crippen LogP contribution in [0.2, 0.25) is 0 Å². The number of carbonyl (C=O) groups excluding carboxylic acids is 3. The largest absolute Gasteiger partial charge is 0.366 e. The maximum atomic E-state index is 12.6. The first-order chi connectivity index (χ1) is 11.5. The number of thioether (sulfide) groups is 1. The molecule has 3 rings (SSSR count). The molecule has 2 fully saturated rings. The minimum Gasteiger partial charge on any atom is -0.366 e. The van der Waals surface area contributed by atoms with Gasteiger partial charge < -0.3 is 11.5 Å². The van der Waals surface area contributed by atoms with E-state index in [4.69, 9.17) is 11.5 Å². The summed E-state index contributed by atoms with van der Waals surface area (Å²) in [6, 6.07) is 6.58. The summed E-state index contributed by atoms with van der Waals surface area (Å²) >= 11 is 0.886. The van der Waals surface area contributed by atoms with Crippen LogP contribution in [0, 0.1) is 0 Å². The summed E-state index contributed by atoms with van der Waals surface area (Å²) in [4.78, 5) is 36.4. The molecule has 3 amide bonds. The molecule has 0 aromatic heterocycles. The molecule has 1 aromatic carbocycles. The molecule has 0 spiro atoms. The Morgan fingerprint density at radius 2 is 2.12 bits per heavy atom. The molecule has 1 aromatic rings. The van der Waals surface area contributed by atoms with Gasteiger partial charge in [0.2, 0.25) is 5.91 Å². The monoisotopic (exact) mass is 346 g/mol. The van der Waals surface area contributed by atoms with Gasteiger partial charge in [-0.15, -0.1) is 0 Å². The summed E-state index contributed by atoms with van der Waals surface area (Å²) in [5, 5.41) is 2.56. The zero-order valence-corrected chi connectivity index (χ0v) is 13.8. The molecule has 24 heavy (non-hydrogen) atoms. The van der Waals surface area contributed by atoms with E-state index in [-0.39, 0.29) is 17.2 Å². The third kappa shape index (κ3) is 3.35. The van der Waals surface area contributed by atoms with E-state index in [1.54, 1.807) is 35.4 Å². The Balaban J connectivity index is 1.83. The maximum absolute atomic E-state index is 12.6. The van der Waals surface area contributed by atoms with Gasteiger partial charge in [0, 0.05) is 24.7 Å². The van der Waals surface area contributed by atoms with Gasteiger partial charge in [-0.2, -0.15) is 5.01 Å². The van der Waals surface area contributed by atoms with Crippen molar-refractivity contribution in [2.45, 2.75) is 18.9 Å². The highest BCUT2D eigenvalue weighted by molar-refractivity contribution is 8.18. The summed E-state index contributed by atoms with van der Waals surface area (Å²) in [5.74, 6) is -0.899. The molecule has 0 unspecified atom stereocenters. The third-order valence-electron chi connectivity index (χ3n) is 3.96. The summed E-state index contributed by atoms with van der Waals surface area (Å²) in [6.45, 7) is 1.12. The molecular formula is C16H18N4O3S. The first-order valence-electron chi connectivity index (χ1n) is 7.64. The van der Waals surface area contributed by atoms with E-state index >= 15 is 0 Å². The van der Waals surface area contributed by atoms with Crippen LogP contribution < -0.4 is 11.5 Å². The molecular weight excluding hydrogens is 328 g/mol. The summed E-state index contributed by atoms with van der Waals surface area (Å²) < 4.78 is 0. The van der Waals surface area contributed by atoms with Gasteiger partial charge in [0.05, 0.1) is 4.91 Å². The fraction of sp³-hybridized carbons (Fsp3) is 0.312. The van der Waals surface area contributed by atoms with Crippen LogP contribution in [0.1, 0.15) is 28.8 Å². The second-order valence-corrected chi connectivity index (χ2v) is 6.79. The van der Waals surface area contributed by atoms with E-state index < -0.39 is 5.91 Å². The number of rotatable bonds is 3. The Labute approximate surface area is 143 Å². The van der Waals surface area contributed by atoms with Gasteiger partial charge >= 0.3 is 5.24 Å². The number of hydrogen-bond donors (Lipinski definition) is 2. The van der Waals surface area contributed by atoms with E-state index in [0.717, 1.165) is 24.6 Å². The lowest BCUT2D eigenvalue weighted by Crippen LogP contribution is -2.53. The number of nitrogens with zero attached hydrogens (tertiary/aromatic N) is 2. The molecule has 1 atom stereocenters. The van der Waals surface area contributed by atoms with Crippen LogP contribution in [0.25, 0.3) is 6.08 Å². The van der Waals surface area contributed by atoms with Gasteiger partial charge in [0.1, 0.15) is 0 Å². The standard InChI is InChI=1S/C16H18N4O3S/c17-12-5-2-6-19(9-12)20-15(22)13(24-16(20)23)8-10-3-1-4-11(7-10)14(18)21/h1,3-4,7-8,12H,2,5-6,9,17H2,(H2,18,21)/b13-8-/t12-/m0/s1. The summed E-state index contributed by atoms with van der Waals surface area (Å²) in [5.41, 5.74) is 12.2. The van der Waals surface area contributed by atoms with Crippen molar-refractivity contribution < 1.29 is 14.4 Å². The number of hydrogen-bond acceptors (Lipinski definition) is 6. The lowest BCUT2D eigenvalue weighted by atomic mass is 10.1. The number of primary amides is 1. The van der Waals surface area contributed by atoms with E-state index in [1.807, 2.05) is 0 Å². The highest BCUT2D eigenvalue weighted by atomic mass is 32.2. The number of amides is 3. The van der Waals surface area contributed by atoms with Crippen LogP contribution in [0.15, 0.2) is 29.2 Å². The van der Waals surface area contributed by atoms with Crippen molar-refractivity contribution in [2.24, 2.45) is 11.5 Å². The number of hydrazine groups is 1. The van der Waals surface area contributed by atoms with Crippen LogP contribution in [0.5, 0.6) is 0 Å². The van der Waals surface area contributed by atoms with Crippen LogP contribution in [-0.2, 0) is 4.79 Å². The first-order valence-corrected chi connectivity index (χ1v) is 8.45. The van der Waals surface area contributed by atoms with Crippen LogP contribution in [0.4, 0.5) is 4.79 Å². The average Bonchev–Trinajstić information content (AvgIpc) is 2.81. The quantitative estimate of drug-likeness (QED) is 0.795. The Bertz CT molecular complexity index is 734. The Kier molecular flexibility index (Phi) is 4.70. The molecule has 0 aliphatic carbocycles. The molecule has 8 heteroatoms. The van der Waals surface area contributed by atoms with Crippen molar-refractivity contribution in [2.75, 3.05) is 13.1 Å². The van der Waals surface area contributed by atoms with Gasteiger partial charge in [-0.3, -0.25) is 14.4 Å². The van der Waals surface area contributed by atoms with Crippen molar-refractivity contribution >= 4 is 34.9 Å². The Morgan fingerprint density at radius 1 is 1.33 bits per heavy atom. The molecule has 0 bridgehead atoms. The number of imide groups is 1. The molecule has 2 heterocycles.